The molecule has 2 atom stereocenters. The Morgan fingerprint density at radius 2 is 0.962 bits per heavy atom. The van der Waals surface area contributed by atoms with Gasteiger partial charge in [-0.3, -0.25) is 38.4 Å². The number of rotatable bonds is 29. The molecule has 0 bridgehead atoms. The monoisotopic (exact) mass is 729 g/mol. The highest BCUT2D eigenvalue weighted by Gasteiger charge is 2.23. The number of nitrogens with one attached hydrogen (secondary N) is 2. The summed E-state index contributed by atoms with van der Waals surface area (Å²) in [5.74, 6) is -2.53. The van der Waals surface area contributed by atoms with Crippen molar-refractivity contribution in [1.29, 1.82) is 0 Å². The first-order valence-electron chi connectivity index (χ1n) is 18.4. The Kier molecular flexibility index (Phi) is 22.8. The minimum Gasteiger partial charge on any atom is -0.379 e. The van der Waals surface area contributed by atoms with Gasteiger partial charge in [0.05, 0.1) is 26.4 Å². The Balaban J connectivity index is 2.73. The van der Waals surface area contributed by atoms with E-state index in [1.165, 1.54) is 26.0 Å². The van der Waals surface area contributed by atoms with E-state index in [4.69, 9.17) is 9.47 Å². The fourth-order valence-electron chi connectivity index (χ4n) is 5.52. The Hall–Kier alpha value is -4.10. The summed E-state index contributed by atoms with van der Waals surface area (Å²) in [6.45, 7) is 10.4. The number of ketones is 5. The van der Waals surface area contributed by atoms with Crippen molar-refractivity contribution in [2.75, 3.05) is 52.6 Å². The van der Waals surface area contributed by atoms with Crippen molar-refractivity contribution >= 4 is 46.6 Å². The van der Waals surface area contributed by atoms with E-state index in [2.05, 4.69) is 10.6 Å². The molecule has 0 heterocycles. The van der Waals surface area contributed by atoms with Crippen LogP contribution in [0.15, 0.2) is 24.3 Å². The summed E-state index contributed by atoms with van der Waals surface area (Å²) in [5, 5.41) is 5.31. The van der Waals surface area contributed by atoms with Gasteiger partial charge in [0.1, 0.15) is 36.2 Å². The van der Waals surface area contributed by atoms with Crippen molar-refractivity contribution in [1.82, 2.24) is 15.5 Å². The molecular formula is C39H59N3O10. The maximum atomic E-state index is 13.5. The van der Waals surface area contributed by atoms with Gasteiger partial charge in [-0.15, -0.1) is 0 Å². The standard InChI is InChI=1S/C39H59N3O10/c1-7-29(8-2)38(49)32-11-13-33(14-12-32)39(50)42(25-36(47)40-17-21-51-19-15-34(45)23-30(9-3)27(5)43)26-37(48)41-18-22-52-20-16-35(46)24-31(10-4)28(6)44/h11-14,29-31H,7-10,15-26H2,1-6H3,(H,40,47)(H,41,48). The van der Waals surface area contributed by atoms with Crippen LogP contribution >= 0.6 is 0 Å². The summed E-state index contributed by atoms with van der Waals surface area (Å²) in [6.07, 6.45) is 3.25. The van der Waals surface area contributed by atoms with Gasteiger partial charge in [-0.1, -0.05) is 39.8 Å². The number of benzene rings is 1. The number of carbonyl (C=O) groups excluding carboxylic acids is 8. The van der Waals surface area contributed by atoms with Crippen molar-refractivity contribution in [2.45, 2.75) is 92.9 Å². The van der Waals surface area contributed by atoms with Crippen LogP contribution in [0, 0.1) is 17.8 Å². The average Bonchev–Trinajstić information content (AvgIpc) is 3.11. The van der Waals surface area contributed by atoms with Crippen LogP contribution in [-0.4, -0.2) is 104 Å². The highest BCUT2D eigenvalue weighted by molar-refractivity contribution is 6.01. The first kappa shape index (κ1) is 45.9. The number of nitrogens with zero attached hydrogens (tertiary/aromatic N) is 1. The van der Waals surface area contributed by atoms with Gasteiger partial charge in [0.2, 0.25) is 11.8 Å². The van der Waals surface area contributed by atoms with E-state index in [1.807, 2.05) is 27.7 Å². The van der Waals surface area contributed by atoms with Gasteiger partial charge in [-0.2, -0.15) is 0 Å². The molecular weight excluding hydrogens is 670 g/mol. The van der Waals surface area contributed by atoms with E-state index in [0.717, 1.165) is 4.90 Å². The summed E-state index contributed by atoms with van der Waals surface area (Å²) in [7, 11) is 0. The summed E-state index contributed by atoms with van der Waals surface area (Å²) in [6, 6.07) is 6.15. The Labute approximate surface area is 308 Å². The minimum absolute atomic E-state index is 0.0137. The van der Waals surface area contributed by atoms with Crippen LogP contribution in [0.4, 0.5) is 0 Å². The molecule has 0 saturated heterocycles. The molecule has 0 fully saturated rings. The quantitative estimate of drug-likeness (QED) is 0.0905. The average molecular weight is 730 g/mol. The van der Waals surface area contributed by atoms with E-state index >= 15 is 0 Å². The lowest BCUT2D eigenvalue weighted by Crippen LogP contribution is -2.46. The van der Waals surface area contributed by atoms with Crippen LogP contribution in [-0.2, 0) is 38.2 Å². The van der Waals surface area contributed by atoms with Crippen molar-refractivity contribution in [3.8, 4) is 0 Å². The minimum atomic E-state index is -0.580. The first-order valence-corrected chi connectivity index (χ1v) is 18.4. The highest BCUT2D eigenvalue weighted by Crippen LogP contribution is 2.17. The lowest BCUT2D eigenvalue weighted by atomic mass is 9.92. The number of hydrogen-bond donors (Lipinski definition) is 2. The molecule has 290 valence electrons. The number of Topliss-reactive ketones (excluding diaryl/α,β-unsaturated/α-hetero) is 5. The largest absolute Gasteiger partial charge is 0.379 e. The molecule has 52 heavy (non-hydrogen) atoms. The van der Waals surface area contributed by atoms with Gasteiger partial charge in [-0.25, -0.2) is 0 Å². The SMILES string of the molecule is CCC(CC(=O)CCOCCNC(=O)CN(CC(=O)NCCOCCC(=O)CC(CC)C(C)=O)C(=O)c1ccc(C(=O)C(CC)CC)cc1)C(C)=O. The van der Waals surface area contributed by atoms with Gasteiger partial charge in [0.15, 0.2) is 5.78 Å². The molecule has 1 aromatic rings. The second kappa shape index (κ2) is 25.8. The fourth-order valence-corrected chi connectivity index (χ4v) is 5.52. The molecule has 0 spiro atoms. The molecule has 2 N–H and O–H groups in total. The van der Waals surface area contributed by atoms with E-state index < -0.39 is 30.8 Å². The van der Waals surface area contributed by atoms with Crippen molar-refractivity contribution in [3.05, 3.63) is 35.4 Å². The zero-order valence-corrected chi connectivity index (χ0v) is 31.9. The van der Waals surface area contributed by atoms with Gasteiger partial charge >= 0.3 is 0 Å². The third-order valence-corrected chi connectivity index (χ3v) is 9.00. The molecule has 1 rings (SSSR count). The molecule has 0 saturated carbocycles. The summed E-state index contributed by atoms with van der Waals surface area (Å²) >= 11 is 0. The van der Waals surface area contributed by atoms with E-state index in [0.29, 0.717) is 31.2 Å². The summed E-state index contributed by atoms with van der Waals surface area (Å²) < 4.78 is 10.9. The maximum Gasteiger partial charge on any atom is 0.254 e. The molecule has 13 heteroatoms. The van der Waals surface area contributed by atoms with Crippen LogP contribution in [0.25, 0.3) is 0 Å². The third-order valence-electron chi connectivity index (χ3n) is 9.00. The molecule has 0 aromatic heterocycles. The predicted octanol–water partition coefficient (Wildman–Crippen LogP) is 3.94. The van der Waals surface area contributed by atoms with Crippen LogP contribution in [0.5, 0.6) is 0 Å². The molecule has 13 nitrogen and oxygen atoms in total. The zero-order chi connectivity index (χ0) is 39.1. The van der Waals surface area contributed by atoms with Gasteiger partial charge in [-0.05, 0) is 51.7 Å². The Bertz CT molecular complexity index is 1280. The fraction of sp³-hybridized carbons (Fsp3) is 0.641. The number of carbonyl (C=O) groups is 8. The van der Waals surface area contributed by atoms with Crippen molar-refractivity contribution in [3.63, 3.8) is 0 Å². The smallest absolute Gasteiger partial charge is 0.254 e. The first-order chi connectivity index (χ1) is 24.8. The third kappa shape index (κ3) is 17.9. The number of amides is 3. The van der Waals surface area contributed by atoms with Crippen LogP contribution < -0.4 is 10.6 Å². The Morgan fingerprint density at radius 1 is 0.577 bits per heavy atom. The number of ether oxygens (including phenoxy) is 2. The molecule has 1 aromatic carbocycles. The van der Waals surface area contributed by atoms with Crippen LogP contribution in [0.2, 0.25) is 0 Å². The van der Waals surface area contributed by atoms with Crippen LogP contribution in [0.3, 0.4) is 0 Å². The molecule has 0 aliphatic rings. The van der Waals surface area contributed by atoms with Crippen molar-refractivity contribution < 1.29 is 47.8 Å². The van der Waals surface area contributed by atoms with E-state index in [1.54, 1.807) is 12.1 Å². The molecule has 3 amide bonds. The second-order valence-electron chi connectivity index (χ2n) is 13.0. The lowest BCUT2D eigenvalue weighted by Gasteiger charge is -2.22. The van der Waals surface area contributed by atoms with Gasteiger partial charge in [0.25, 0.3) is 5.91 Å². The predicted molar refractivity (Wildman–Crippen MR) is 196 cm³/mol. The van der Waals surface area contributed by atoms with Gasteiger partial charge < -0.3 is 25.0 Å². The van der Waals surface area contributed by atoms with E-state index in [9.17, 15) is 38.4 Å². The summed E-state index contributed by atoms with van der Waals surface area (Å²) in [5.41, 5.74) is 0.677. The molecule has 0 aliphatic carbocycles. The Morgan fingerprint density at radius 3 is 1.33 bits per heavy atom. The molecule has 0 radical (unpaired) electrons. The van der Waals surface area contributed by atoms with Crippen molar-refractivity contribution in [2.24, 2.45) is 17.8 Å². The molecule has 0 aliphatic heterocycles. The van der Waals surface area contributed by atoms with Crippen LogP contribution in [0.1, 0.15) is 114 Å². The zero-order valence-electron chi connectivity index (χ0n) is 31.9. The highest BCUT2D eigenvalue weighted by atomic mass is 16.5. The lowest BCUT2D eigenvalue weighted by molar-refractivity contribution is -0.127. The summed E-state index contributed by atoms with van der Waals surface area (Å²) in [4.78, 5) is 100. The maximum absolute atomic E-state index is 13.5. The molecule has 2 unspecified atom stereocenters. The topological polar surface area (TPSA) is 182 Å². The van der Waals surface area contributed by atoms with Gasteiger partial charge in [0, 0.05) is 67.7 Å². The second-order valence-corrected chi connectivity index (χ2v) is 13.0. The normalized spacial score (nSPS) is 12.1. The number of hydrogen-bond acceptors (Lipinski definition) is 10. The van der Waals surface area contributed by atoms with E-state index in [-0.39, 0.29) is 117 Å².